The standard InChI is InChI=1S/C7H15N5O2/c1-3-11-6(10)4(5(8)9)12-7(13)14-2/h3,8-9H2,1-2H3,(H2,10,11)(H,12,13). The van der Waals surface area contributed by atoms with E-state index in [1.165, 1.54) is 7.11 Å². The molecule has 0 spiro atoms. The van der Waals surface area contributed by atoms with Gasteiger partial charge in [-0.1, -0.05) is 0 Å². The maximum absolute atomic E-state index is 10.8. The molecular weight excluding hydrogens is 186 g/mol. The summed E-state index contributed by atoms with van der Waals surface area (Å²) in [7, 11) is 1.22. The molecule has 1 amide bonds. The van der Waals surface area contributed by atoms with E-state index >= 15 is 0 Å². The summed E-state index contributed by atoms with van der Waals surface area (Å²) in [6.07, 6.45) is -0.706. The van der Waals surface area contributed by atoms with E-state index in [9.17, 15) is 4.79 Å². The van der Waals surface area contributed by atoms with Gasteiger partial charge in [0.2, 0.25) is 0 Å². The molecule has 7 nitrogen and oxygen atoms in total. The van der Waals surface area contributed by atoms with Crippen molar-refractivity contribution in [3.05, 3.63) is 11.5 Å². The van der Waals surface area contributed by atoms with Crippen molar-refractivity contribution in [2.45, 2.75) is 6.92 Å². The maximum Gasteiger partial charge on any atom is 0.411 e. The Labute approximate surface area is 82.0 Å². The number of hydrogen-bond donors (Lipinski definition) is 4. The molecule has 0 aromatic carbocycles. The summed E-state index contributed by atoms with van der Waals surface area (Å²) in [6, 6.07) is 0. The average Bonchev–Trinajstić information content (AvgIpc) is 2.13. The Hall–Kier alpha value is -1.92. The van der Waals surface area contributed by atoms with Crippen molar-refractivity contribution in [1.29, 1.82) is 0 Å². The van der Waals surface area contributed by atoms with Crippen LogP contribution in [0.4, 0.5) is 4.79 Å². The molecule has 0 unspecified atom stereocenters. The van der Waals surface area contributed by atoms with E-state index in [0.29, 0.717) is 6.54 Å². The van der Waals surface area contributed by atoms with Gasteiger partial charge in [-0.2, -0.15) is 0 Å². The topological polar surface area (TPSA) is 129 Å². The third-order valence-electron chi connectivity index (χ3n) is 1.29. The summed E-state index contributed by atoms with van der Waals surface area (Å²) in [5.41, 5.74) is 16.2. The third kappa shape index (κ3) is 3.65. The number of ether oxygens (including phenoxy) is 1. The van der Waals surface area contributed by atoms with Gasteiger partial charge < -0.3 is 21.9 Å². The lowest BCUT2D eigenvalue weighted by Gasteiger charge is -2.09. The summed E-state index contributed by atoms with van der Waals surface area (Å²) in [5, 5.41) is 2.26. The minimum atomic E-state index is -0.706. The van der Waals surface area contributed by atoms with Crippen LogP contribution in [0.15, 0.2) is 16.5 Å². The van der Waals surface area contributed by atoms with E-state index < -0.39 is 6.09 Å². The summed E-state index contributed by atoms with van der Waals surface area (Å²) < 4.78 is 4.35. The predicted molar refractivity (Wildman–Crippen MR) is 53.1 cm³/mol. The first-order valence-electron chi connectivity index (χ1n) is 3.93. The van der Waals surface area contributed by atoms with Crippen LogP contribution in [0.25, 0.3) is 0 Å². The first-order valence-corrected chi connectivity index (χ1v) is 3.93. The van der Waals surface area contributed by atoms with Crippen LogP contribution in [0.5, 0.6) is 0 Å². The minimum Gasteiger partial charge on any atom is -0.453 e. The second-order valence-electron chi connectivity index (χ2n) is 2.31. The van der Waals surface area contributed by atoms with E-state index in [0.717, 1.165) is 0 Å². The first kappa shape index (κ1) is 12.1. The van der Waals surface area contributed by atoms with Gasteiger partial charge in [-0.25, -0.2) is 4.79 Å². The molecule has 0 atom stereocenters. The summed E-state index contributed by atoms with van der Waals surface area (Å²) in [6.45, 7) is 2.25. The third-order valence-corrected chi connectivity index (χ3v) is 1.29. The zero-order valence-electron chi connectivity index (χ0n) is 8.20. The Morgan fingerprint density at radius 1 is 1.43 bits per heavy atom. The van der Waals surface area contributed by atoms with Crippen molar-refractivity contribution in [3.8, 4) is 0 Å². The number of nitrogens with one attached hydrogen (secondary N) is 1. The van der Waals surface area contributed by atoms with Crippen LogP contribution in [-0.2, 0) is 4.74 Å². The van der Waals surface area contributed by atoms with E-state index in [4.69, 9.17) is 17.2 Å². The van der Waals surface area contributed by atoms with Crippen LogP contribution in [-0.4, -0.2) is 25.6 Å². The Balaban J connectivity index is 4.73. The molecular formula is C7H15N5O2. The quantitative estimate of drug-likeness (QED) is 0.337. The van der Waals surface area contributed by atoms with Crippen LogP contribution in [0.2, 0.25) is 0 Å². The second-order valence-corrected chi connectivity index (χ2v) is 2.31. The molecule has 0 aliphatic carbocycles. The minimum absolute atomic E-state index is 0.0675. The SMILES string of the molecule is CCN=C(N)C(NC(=O)OC)=C(N)N. The Morgan fingerprint density at radius 3 is 2.36 bits per heavy atom. The maximum atomic E-state index is 10.8. The molecule has 14 heavy (non-hydrogen) atoms. The molecule has 0 saturated heterocycles. The lowest BCUT2D eigenvalue weighted by Crippen LogP contribution is -2.36. The monoisotopic (exact) mass is 201 g/mol. The highest BCUT2D eigenvalue weighted by Gasteiger charge is 2.10. The summed E-state index contributed by atoms with van der Waals surface area (Å²) in [4.78, 5) is 14.7. The van der Waals surface area contributed by atoms with Crippen molar-refractivity contribution >= 4 is 11.9 Å². The van der Waals surface area contributed by atoms with Crippen LogP contribution in [0, 0.1) is 0 Å². The highest BCUT2D eigenvalue weighted by atomic mass is 16.5. The molecule has 7 N–H and O–H groups in total. The molecule has 0 fully saturated rings. The van der Waals surface area contributed by atoms with Gasteiger partial charge in [0.05, 0.1) is 7.11 Å². The lowest BCUT2D eigenvalue weighted by molar-refractivity contribution is 0.174. The lowest BCUT2D eigenvalue weighted by atomic mass is 10.4. The molecule has 0 aromatic rings. The van der Waals surface area contributed by atoms with Crippen molar-refractivity contribution in [3.63, 3.8) is 0 Å². The molecule has 0 aromatic heterocycles. The van der Waals surface area contributed by atoms with Crippen molar-refractivity contribution in [1.82, 2.24) is 5.32 Å². The smallest absolute Gasteiger partial charge is 0.411 e. The zero-order valence-corrected chi connectivity index (χ0v) is 8.20. The molecule has 0 bridgehead atoms. The van der Waals surface area contributed by atoms with Crippen LogP contribution in [0.1, 0.15) is 6.92 Å². The van der Waals surface area contributed by atoms with Gasteiger partial charge in [-0.3, -0.25) is 10.3 Å². The van der Waals surface area contributed by atoms with Gasteiger partial charge in [-0.05, 0) is 6.92 Å². The Bertz CT molecular complexity index is 267. The van der Waals surface area contributed by atoms with Gasteiger partial charge in [0.15, 0.2) is 0 Å². The molecule has 7 heteroatoms. The van der Waals surface area contributed by atoms with E-state index in [1.54, 1.807) is 6.92 Å². The molecule has 80 valence electrons. The number of alkyl carbamates (subject to hydrolysis) is 1. The predicted octanol–water partition coefficient (Wildman–Crippen LogP) is -1.19. The number of methoxy groups -OCH3 is 1. The Kier molecular flexibility index (Phi) is 4.90. The van der Waals surface area contributed by atoms with Gasteiger partial charge in [-0.15, -0.1) is 0 Å². The zero-order chi connectivity index (χ0) is 11.1. The average molecular weight is 201 g/mol. The number of carbonyl (C=O) groups excluding carboxylic acids is 1. The van der Waals surface area contributed by atoms with E-state index in [2.05, 4.69) is 15.0 Å². The summed E-state index contributed by atoms with van der Waals surface area (Å²) in [5.74, 6) is -0.0528. The van der Waals surface area contributed by atoms with Gasteiger partial charge in [0.1, 0.15) is 17.4 Å². The number of amidine groups is 1. The Morgan fingerprint density at radius 2 is 2.00 bits per heavy atom. The number of aliphatic imine (C=N–C) groups is 1. The molecule has 0 aliphatic rings. The van der Waals surface area contributed by atoms with Gasteiger partial charge >= 0.3 is 6.09 Å². The van der Waals surface area contributed by atoms with Crippen LogP contribution >= 0.6 is 0 Å². The molecule has 0 saturated carbocycles. The van der Waals surface area contributed by atoms with E-state index in [1.807, 2.05) is 0 Å². The van der Waals surface area contributed by atoms with Crippen molar-refractivity contribution in [2.24, 2.45) is 22.2 Å². The second kappa shape index (κ2) is 5.68. The van der Waals surface area contributed by atoms with Crippen LogP contribution in [0.3, 0.4) is 0 Å². The highest BCUT2D eigenvalue weighted by Crippen LogP contribution is 1.92. The van der Waals surface area contributed by atoms with Gasteiger partial charge in [0, 0.05) is 6.54 Å². The molecule has 0 rings (SSSR count). The fourth-order valence-corrected chi connectivity index (χ4v) is 0.687. The molecule has 0 radical (unpaired) electrons. The number of hydrogen-bond acceptors (Lipinski definition) is 5. The fourth-order valence-electron chi connectivity index (χ4n) is 0.687. The largest absolute Gasteiger partial charge is 0.453 e. The number of nitrogens with zero attached hydrogens (tertiary/aromatic N) is 1. The number of amides is 1. The van der Waals surface area contributed by atoms with Gasteiger partial charge in [0.25, 0.3) is 0 Å². The number of carbonyl (C=O) groups is 1. The van der Waals surface area contributed by atoms with E-state index in [-0.39, 0.29) is 17.4 Å². The number of rotatable bonds is 3. The fraction of sp³-hybridized carbons (Fsp3) is 0.429. The normalized spacial score (nSPS) is 10.6. The summed E-state index contributed by atoms with van der Waals surface area (Å²) >= 11 is 0. The first-order chi connectivity index (χ1) is 6.52. The molecule has 0 heterocycles. The van der Waals surface area contributed by atoms with Crippen molar-refractivity contribution < 1.29 is 9.53 Å². The molecule has 0 aliphatic heterocycles. The highest BCUT2D eigenvalue weighted by molar-refractivity contribution is 5.99. The van der Waals surface area contributed by atoms with Crippen molar-refractivity contribution in [2.75, 3.05) is 13.7 Å². The number of nitrogens with two attached hydrogens (primary N) is 3. The van der Waals surface area contributed by atoms with Crippen LogP contribution < -0.4 is 22.5 Å².